The molecule has 15 heavy (non-hydrogen) atoms. The van der Waals surface area contributed by atoms with Gasteiger partial charge in [-0.15, -0.1) is 0 Å². The summed E-state index contributed by atoms with van der Waals surface area (Å²) in [4.78, 5) is 2.58. The van der Waals surface area contributed by atoms with Crippen molar-refractivity contribution < 1.29 is 4.74 Å². The molecule has 1 aliphatic heterocycles. The third kappa shape index (κ3) is 3.63. The van der Waals surface area contributed by atoms with Gasteiger partial charge in [0.1, 0.15) is 0 Å². The van der Waals surface area contributed by atoms with Gasteiger partial charge in [0.15, 0.2) is 0 Å². The number of likely N-dealkylation sites (N-methyl/N-ethyl adjacent to an activating group) is 1. The first kappa shape index (κ1) is 13.3. The van der Waals surface area contributed by atoms with Gasteiger partial charge in [-0.1, -0.05) is 6.92 Å². The van der Waals surface area contributed by atoms with Crippen LogP contribution in [0.25, 0.3) is 0 Å². The molecular formula is C11H24N2OS. The van der Waals surface area contributed by atoms with E-state index in [0.29, 0.717) is 12.1 Å². The molecule has 3 unspecified atom stereocenters. The van der Waals surface area contributed by atoms with Crippen LogP contribution in [0.3, 0.4) is 0 Å². The molecular weight excluding hydrogens is 208 g/mol. The predicted octanol–water partition coefficient (Wildman–Crippen LogP) is 1.05. The maximum atomic E-state index is 5.30. The molecule has 90 valence electrons. The lowest BCUT2D eigenvalue weighted by Gasteiger charge is -2.42. The van der Waals surface area contributed by atoms with Gasteiger partial charge in [-0.25, -0.2) is 0 Å². The number of rotatable bonds is 5. The largest absolute Gasteiger partial charge is 0.383 e. The number of ether oxygens (including phenoxy) is 1. The molecule has 0 spiro atoms. The van der Waals surface area contributed by atoms with Crippen LogP contribution in [-0.4, -0.2) is 61.8 Å². The molecule has 1 saturated heterocycles. The minimum Gasteiger partial charge on any atom is -0.383 e. The van der Waals surface area contributed by atoms with Crippen molar-refractivity contribution in [3.05, 3.63) is 0 Å². The van der Waals surface area contributed by atoms with Gasteiger partial charge in [-0.2, -0.15) is 11.8 Å². The molecule has 3 atom stereocenters. The first-order valence-electron chi connectivity index (χ1n) is 5.71. The summed E-state index contributed by atoms with van der Waals surface area (Å²) in [6.07, 6.45) is 0. The highest BCUT2D eigenvalue weighted by molar-refractivity contribution is 8.00. The predicted molar refractivity (Wildman–Crippen MR) is 67.7 cm³/mol. The van der Waals surface area contributed by atoms with E-state index in [4.69, 9.17) is 4.74 Å². The number of methoxy groups -OCH3 is 1. The second-order valence-electron chi connectivity index (χ2n) is 4.22. The molecule has 1 aliphatic rings. The Morgan fingerprint density at radius 2 is 2.27 bits per heavy atom. The van der Waals surface area contributed by atoms with Crippen molar-refractivity contribution in [1.82, 2.24) is 10.2 Å². The van der Waals surface area contributed by atoms with E-state index in [1.807, 2.05) is 7.05 Å². The Morgan fingerprint density at radius 1 is 1.53 bits per heavy atom. The first-order chi connectivity index (χ1) is 7.20. The van der Waals surface area contributed by atoms with Crippen molar-refractivity contribution in [2.75, 3.05) is 39.6 Å². The van der Waals surface area contributed by atoms with Crippen LogP contribution in [0.5, 0.6) is 0 Å². The topological polar surface area (TPSA) is 24.5 Å². The highest BCUT2D eigenvalue weighted by Gasteiger charge is 2.30. The summed E-state index contributed by atoms with van der Waals surface area (Å²) in [5.41, 5.74) is 0. The third-order valence-corrected chi connectivity index (χ3v) is 4.54. The van der Waals surface area contributed by atoms with E-state index in [1.54, 1.807) is 7.11 Å². The molecule has 0 saturated carbocycles. The normalized spacial score (nSPS) is 30.4. The quantitative estimate of drug-likeness (QED) is 0.766. The van der Waals surface area contributed by atoms with Crippen LogP contribution in [0.4, 0.5) is 0 Å². The van der Waals surface area contributed by atoms with Gasteiger partial charge in [0.05, 0.1) is 6.61 Å². The molecule has 1 rings (SSSR count). The van der Waals surface area contributed by atoms with Crippen LogP contribution in [0.1, 0.15) is 13.8 Å². The molecule has 1 N–H and O–H groups in total. The van der Waals surface area contributed by atoms with Crippen LogP contribution in [0.15, 0.2) is 0 Å². The highest BCUT2D eigenvalue weighted by Crippen LogP contribution is 2.25. The molecule has 0 radical (unpaired) electrons. The van der Waals surface area contributed by atoms with Gasteiger partial charge in [-0.3, -0.25) is 4.90 Å². The second kappa shape index (κ2) is 6.74. The van der Waals surface area contributed by atoms with Crippen molar-refractivity contribution in [3.8, 4) is 0 Å². The van der Waals surface area contributed by atoms with Crippen molar-refractivity contribution >= 4 is 11.8 Å². The van der Waals surface area contributed by atoms with E-state index < -0.39 is 0 Å². The Bertz CT molecular complexity index is 174. The summed E-state index contributed by atoms with van der Waals surface area (Å²) in [5, 5.41) is 3.99. The molecule has 0 bridgehead atoms. The third-order valence-electron chi connectivity index (χ3n) is 3.20. The minimum absolute atomic E-state index is 0.512. The van der Waals surface area contributed by atoms with E-state index in [-0.39, 0.29) is 0 Å². The summed E-state index contributed by atoms with van der Waals surface area (Å²) in [6, 6.07) is 1.16. The van der Waals surface area contributed by atoms with Crippen LogP contribution in [0, 0.1) is 0 Å². The maximum Gasteiger partial charge on any atom is 0.0630 e. The van der Waals surface area contributed by atoms with Crippen LogP contribution >= 0.6 is 11.8 Å². The van der Waals surface area contributed by atoms with E-state index in [1.165, 1.54) is 12.3 Å². The lowest BCUT2D eigenvalue weighted by Crippen LogP contribution is -2.54. The van der Waals surface area contributed by atoms with Crippen LogP contribution in [0.2, 0.25) is 0 Å². The molecule has 4 heteroatoms. The Kier molecular flexibility index (Phi) is 5.97. The highest BCUT2D eigenvalue weighted by atomic mass is 32.2. The molecule has 1 heterocycles. The van der Waals surface area contributed by atoms with Crippen LogP contribution in [-0.2, 0) is 4.74 Å². The smallest absolute Gasteiger partial charge is 0.0630 e. The zero-order valence-electron chi connectivity index (χ0n) is 10.3. The molecule has 0 aromatic rings. The van der Waals surface area contributed by atoms with E-state index in [0.717, 1.165) is 18.4 Å². The zero-order valence-corrected chi connectivity index (χ0v) is 11.1. The van der Waals surface area contributed by atoms with Gasteiger partial charge in [0.25, 0.3) is 0 Å². The van der Waals surface area contributed by atoms with Gasteiger partial charge < -0.3 is 10.1 Å². The average molecular weight is 232 g/mol. The molecule has 0 amide bonds. The number of nitrogens with zero attached hydrogens (tertiary/aromatic N) is 1. The first-order valence-corrected chi connectivity index (χ1v) is 6.76. The number of hydrogen-bond acceptors (Lipinski definition) is 4. The van der Waals surface area contributed by atoms with Gasteiger partial charge in [0, 0.05) is 43.3 Å². The summed E-state index contributed by atoms with van der Waals surface area (Å²) >= 11 is 2.08. The molecule has 0 aromatic carbocycles. The van der Waals surface area contributed by atoms with Gasteiger partial charge >= 0.3 is 0 Å². The molecule has 3 nitrogen and oxygen atoms in total. The van der Waals surface area contributed by atoms with Crippen molar-refractivity contribution in [2.24, 2.45) is 0 Å². The maximum absolute atomic E-state index is 5.30. The monoisotopic (exact) mass is 232 g/mol. The Hall–Kier alpha value is 0.230. The fourth-order valence-electron chi connectivity index (χ4n) is 2.17. The fraction of sp³-hybridized carbons (Fsp3) is 1.00. The molecule has 0 aromatic heterocycles. The Balaban J connectivity index is 2.55. The molecule has 0 aliphatic carbocycles. The van der Waals surface area contributed by atoms with Crippen molar-refractivity contribution in [3.63, 3.8) is 0 Å². The van der Waals surface area contributed by atoms with Gasteiger partial charge in [-0.05, 0) is 14.0 Å². The second-order valence-corrected chi connectivity index (χ2v) is 5.71. The van der Waals surface area contributed by atoms with Gasteiger partial charge in [0.2, 0.25) is 0 Å². The number of hydrogen-bond donors (Lipinski definition) is 1. The Morgan fingerprint density at radius 3 is 2.87 bits per heavy atom. The number of nitrogens with one attached hydrogen (secondary N) is 1. The number of thioether (sulfide) groups is 1. The lowest BCUT2D eigenvalue weighted by atomic mass is 10.1. The standard InChI is InChI=1S/C11H24N2OS/c1-9-10(2)15-6-5-13(9)11(7-12-3)8-14-4/h9-12H,5-8H2,1-4H3. The Labute approximate surface area is 97.9 Å². The van der Waals surface area contributed by atoms with Crippen LogP contribution < -0.4 is 5.32 Å². The SMILES string of the molecule is CNCC(COC)N1CCSC(C)C1C. The summed E-state index contributed by atoms with van der Waals surface area (Å²) in [5.74, 6) is 1.25. The average Bonchev–Trinajstić information content (AvgIpc) is 2.22. The summed E-state index contributed by atoms with van der Waals surface area (Å²) in [6.45, 7) is 7.67. The summed E-state index contributed by atoms with van der Waals surface area (Å²) < 4.78 is 5.30. The fourth-order valence-corrected chi connectivity index (χ4v) is 3.29. The minimum atomic E-state index is 0.512. The van der Waals surface area contributed by atoms with E-state index in [2.05, 4.69) is 35.8 Å². The molecule has 1 fully saturated rings. The van der Waals surface area contributed by atoms with E-state index >= 15 is 0 Å². The summed E-state index contributed by atoms with van der Waals surface area (Å²) in [7, 11) is 3.80. The van der Waals surface area contributed by atoms with E-state index in [9.17, 15) is 0 Å². The zero-order chi connectivity index (χ0) is 11.3. The van der Waals surface area contributed by atoms with Crippen molar-refractivity contribution in [2.45, 2.75) is 31.2 Å². The lowest BCUT2D eigenvalue weighted by molar-refractivity contribution is 0.0678. The van der Waals surface area contributed by atoms with Crippen molar-refractivity contribution in [1.29, 1.82) is 0 Å².